The topological polar surface area (TPSA) is 112 Å². The first-order valence-corrected chi connectivity index (χ1v) is 3.97. The average Bonchev–Trinajstić information content (AvgIpc) is 1.59. The Bertz CT molecular complexity index is 209. The first-order chi connectivity index (χ1) is 4.48. The molecular formula is C3H8N2O4S. The molecule has 0 aromatic rings. The van der Waals surface area contributed by atoms with Gasteiger partial charge in [-0.2, -0.15) is 8.42 Å². The summed E-state index contributed by atoms with van der Waals surface area (Å²) < 4.78 is 24.6. The van der Waals surface area contributed by atoms with Gasteiger partial charge in [-0.05, 0) is 0 Å². The van der Waals surface area contributed by atoms with Crippen LogP contribution >= 0.6 is 0 Å². The van der Waals surface area contributed by atoms with Gasteiger partial charge in [0.25, 0.3) is 0 Å². The second-order valence-corrected chi connectivity index (χ2v) is 3.14. The summed E-state index contributed by atoms with van der Waals surface area (Å²) in [5.74, 6) is -0.407. The molecule has 0 saturated carbocycles. The van der Waals surface area contributed by atoms with E-state index in [2.05, 4.69) is 9.92 Å². The number of hydrogen-bond donors (Lipinski definition) is 2. The van der Waals surface area contributed by atoms with E-state index in [0.29, 0.717) is 0 Å². The van der Waals surface area contributed by atoms with Crippen LogP contribution < -0.4 is 11.5 Å². The van der Waals surface area contributed by atoms with Crippen LogP contribution in [-0.4, -0.2) is 26.8 Å². The first-order valence-electron chi connectivity index (χ1n) is 2.39. The van der Waals surface area contributed by atoms with Crippen molar-refractivity contribution in [1.29, 1.82) is 0 Å². The number of carbonyl (C=O) groups is 1. The van der Waals surface area contributed by atoms with Crippen molar-refractivity contribution in [2.24, 2.45) is 11.5 Å². The molecular weight excluding hydrogens is 160 g/mol. The molecule has 0 saturated heterocycles. The van der Waals surface area contributed by atoms with Gasteiger partial charge in [0.15, 0.2) is 0 Å². The number of carbonyl (C=O) groups excluding carboxylic acids is 1. The van der Waals surface area contributed by atoms with Crippen LogP contribution in [0.5, 0.6) is 0 Å². The minimum atomic E-state index is -3.83. The lowest BCUT2D eigenvalue weighted by Gasteiger charge is -1.98. The Morgan fingerprint density at radius 1 is 1.50 bits per heavy atom. The summed E-state index contributed by atoms with van der Waals surface area (Å²) in [5.41, 5.74) is 9.31. The van der Waals surface area contributed by atoms with Crippen LogP contribution in [0.25, 0.3) is 0 Å². The third-order valence-electron chi connectivity index (χ3n) is 0.577. The van der Waals surface area contributed by atoms with Crippen LogP contribution in [0.1, 0.15) is 0 Å². The number of rotatable bonds is 3. The molecule has 0 heterocycles. The molecule has 10 heavy (non-hydrogen) atoms. The summed E-state index contributed by atoms with van der Waals surface area (Å²) in [6.45, 7) is -0.102. The third kappa shape index (κ3) is 4.10. The molecule has 4 N–H and O–H groups in total. The highest BCUT2D eigenvalue weighted by Crippen LogP contribution is 1.89. The van der Waals surface area contributed by atoms with Gasteiger partial charge < -0.3 is 15.7 Å². The van der Waals surface area contributed by atoms with Gasteiger partial charge in [0.2, 0.25) is 0 Å². The van der Waals surface area contributed by atoms with E-state index in [9.17, 15) is 13.2 Å². The van der Waals surface area contributed by atoms with E-state index in [1.165, 1.54) is 0 Å². The molecule has 0 bridgehead atoms. The van der Waals surface area contributed by atoms with Crippen molar-refractivity contribution in [1.82, 2.24) is 0 Å². The highest BCUT2D eigenvalue weighted by Gasteiger charge is 2.12. The zero-order valence-electron chi connectivity index (χ0n) is 5.11. The largest absolute Gasteiger partial charge is 0.420 e. The smallest absolute Gasteiger partial charge is 0.334 e. The maximum atomic E-state index is 10.4. The summed E-state index contributed by atoms with van der Waals surface area (Å²) in [4.78, 5) is 9.87. The standard InChI is InChI=1S/C3H8N2O4S/c4-1-2-10(7,8)9-3(5)6/h1-2,4H2,(H2,5,6). The maximum Gasteiger partial charge on any atom is 0.420 e. The zero-order chi connectivity index (χ0) is 8.20. The van der Waals surface area contributed by atoms with Gasteiger partial charge >= 0.3 is 16.2 Å². The van der Waals surface area contributed by atoms with Crippen LogP contribution in [-0.2, 0) is 14.3 Å². The van der Waals surface area contributed by atoms with Crippen LogP contribution in [0.15, 0.2) is 0 Å². The van der Waals surface area contributed by atoms with Gasteiger partial charge in [0, 0.05) is 6.54 Å². The summed E-state index contributed by atoms with van der Waals surface area (Å²) in [6.07, 6.45) is -1.34. The molecule has 0 unspecified atom stereocenters. The molecule has 0 aliphatic heterocycles. The Labute approximate surface area is 58.3 Å². The quantitative estimate of drug-likeness (QED) is 0.491. The number of primary amides is 1. The second kappa shape index (κ2) is 3.37. The highest BCUT2D eigenvalue weighted by molar-refractivity contribution is 7.87. The molecule has 0 rings (SSSR count). The van der Waals surface area contributed by atoms with E-state index in [-0.39, 0.29) is 6.54 Å². The van der Waals surface area contributed by atoms with E-state index >= 15 is 0 Å². The van der Waals surface area contributed by atoms with Gasteiger partial charge in [-0.25, -0.2) is 4.79 Å². The molecule has 6 nitrogen and oxygen atoms in total. The SMILES string of the molecule is NCCS(=O)(=O)OC(N)=O. The summed E-state index contributed by atoms with van der Waals surface area (Å²) in [7, 11) is -3.83. The van der Waals surface area contributed by atoms with E-state index in [0.717, 1.165) is 0 Å². The van der Waals surface area contributed by atoms with Crippen molar-refractivity contribution in [2.75, 3.05) is 12.3 Å². The Balaban J connectivity index is 4.02. The lowest BCUT2D eigenvalue weighted by atomic mass is 10.8. The van der Waals surface area contributed by atoms with E-state index in [1.54, 1.807) is 0 Å². The van der Waals surface area contributed by atoms with E-state index in [1.807, 2.05) is 0 Å². The van der Waals surface area contributed by atoms with Gasteiger partial charge in [-0.3, -0.25) is 0 Å². The molecule has 0 aromatic heterocycles. The Hall–Kier alpha value is -0.820. The van der Waals surface area contributed by atoms with E-state index in [4.69, 9.17) is 5.73 Å². The number of nitrogens with two attached hydrogens (primary N) is 2. The van der Waals surface area contributed by atoms with Gasteiger partial charge in [-0.1, -0.05) is 0 Å². The van der Waals surface area contributed by atoms with Crippen LogP contribution in [0, 0.1) is 0 Å². The number of amides is 1. The van der Waals surface area contributed by atoms with Crippen molar-refractivity contribution in [2.45, 2.75) is 0 Å². The monoisotopic (exact) mass is 168 g/mol. The van der Waals surface area contributed by atoms with Gasteiger partial charge in [-0.15, -0.1) is 0 Å². The molecule has 0 fully saturated rings. The normalized spacial score (nSPS) is 10.9. The molecule has 60 valence electrons. The van der Waals surface area contributed by atoms with Crippen molar-refractivity contribution in [3.63, 3.8) is 0 Å². The predicted molar refractivity (Wildman–Crippen MR) is 33.5 cm³/mol. The lowest BCUT2D eigenvalue weighted by molar-refractivity contribution is 0.213. The zero-order valence-corrected chi connectivity index (χ0v) is 5.93. The Morgan fingerprint density at radius 3 is 2.30 bits per heavy atom. The first kappa shape index (κ1) is 9.18. The molecule has 1 amide bonds. The lowest BCUT2D eigenvalue weighted by Crippen LogP contribution is -2.24. The fourth-order valence-electron chi connectivity index (χ4n) is 0.311. The maximum absolute atomic E-state index is 10.4. The Kier molecular flexibility index (Phi) is 3.10. The van der Waals surface area contributed by atoms with Crippen molar-refractivity contribution in [3.8, 4) is 0 Å². The summed E-state index contributed by atoms with van der Waals surface area (Å²) in [6, 6.07) is 0. The average molecular weight is 168 g/mol. The summed E-state index contributed by atoms with van der Waals surface area (Å²) in [5, 5.41) is 0. The molecule has 0 atom stereocenters. The van der Waals surface area contributed by atoms with Gasteiger partial charge in [0.05, 0.1) is 5.75 Å². The van der Waals surface area contributed by atoms with E-state index < -0.39 is 22.0 Å². The minimum absolute atomic E-state index is 0.102. The van der Waals surface area contributed by atoms with Crippen molar-refractivity contribution < 1.29 is 17.4 Å². The molecule has 0 aliphatic rings. The predicted octanol–water partition coefficient (Wildman–Crippen LogP) is -1.63. The fraction of sp³-hybridized carbons (Fsp3) is 0.667. The minimum Gasteiger partial charge on any atom is -0.334 e. The van der Waals surface area contributed by atoms with Crippen molar-refractivity contribution in [3.05, 3.63) is 0 Å². The van der Waals surface area contributed by atoms with Crippen LogP contribution in [0.4, 0.5) is 4.79 Å². The fourth-order valence-corrected chi connectivity index (χ4v) is 0.933. The second-order valence-electron chi connectivity index (χ2n) is 1.45. The third-order valence-corrected chi connectivity index (χ3v) is 1.73. The number of hydrogen-bond acceptors (Lipinski definition) is 5. The molecule has 0 spiro atoms. The molecule has 0 radical (unpaired) electrons. The van der Waals surface area contributed by atoms with Crippen LogP contribution in [0.2, 0.25) is 0 Å². The highest BCUT2D eigenvalue weighted by atomic mass is 32.2. The van der Waals surface area contributed by atoms with Crippen molar-refractivity contribution >= 4 is 16.2 Å². The van der Waals surface area contributed by atoms with Crippen LogP contribution in [0.3, 0.4) is 0 Å². The summed E-state index contributed by atoms with van der Waals surface area (Å²) >= 11 is 0. The van der Waals surface area contributed by atoms with Gasteiger partial charge in [0.1, 0.15) is 0 Å². The molecule has 0 aliphatic carbocycles. The Morgan fingerprint density at radius 2 is 2.00 bits per heavy atom. The molecule has 7 heteroatoms. The molecule has 0 aromatic carbocycles.